The summed E-state index contributed by atoms with van der Waals surface area (Å²) in [6.07, 6.45) is 3.48. The maximum atomic E-state index is 13.2. The Labute approximate surface area is 163 Å². The first-order valence-corrected chi connectivity index (χ1v) is 9.70. The van der Waals surface area contributed by atoms with Gasteiger partial charge in [0.1, 0.15) is 11.6 Å². The molecular weight excluding hydrogens is 364 g/mol. The van der Waals surface area contributed by atoms with Crippen LogP contribution in [0.25, 0.3) is 0 Å². The van der Waals surface area contributed by atoms with E-state index in [2.05, 4.69) is 20.3 Å². The molecule has 1 fully saturated rings. The minimum Gasteiger partial charge on any atom is -0.352 e. The molecule has 1 atom stereocenters. The van der Waals surface area contributed by atoms with Gasteiger partial charge in [0.25, 0.3) is 0 Å². The van der Waals surface area contributed by atoms with Crippen molar-refractivity contribution in [3.63, 3.8) is 0 Å². The fourth-order valence-electron chi connectivity index (χ4n) is 3.70. The van der Waals surface area contributed by atoms with Gasteiger partial charge in [0, 0.05) is 26.6 Å². The molecule has 1 saturated heterocycles. The number of halogens is 2. The number of nitrogens with zero attached hydrogens (tertiary/aromatic N) is 4. The highest BCUT2D eigenvalue weighted by atomic mass is 19.2. The van der Waals surface area contributed by atoms with Crippen LogP contribution in [0.1, 0.15) is 42.9 Å². The van der Waals surface area contributed by atoms with Crippen molar-refractivity contribution in [3.05, 3.63) is 47.0 Å². The van der Waals surface area contributed by atoms with Crippen molar-refractivity contribution in [2.75, 3.05) is 13.1 Å². The summed E-state index contributed by atoms with van der Waals surface area (Å²) in [5.74, 6) is 0.370. The zero-order valence-electron chi connectivity index (χ0n) is 16.4. The van der Waals surface area contributed by atoms with Crippen LogP contribution in [0, 0.1) is 24.5 Å². The van der Waals surface area contributed by atoms with Crippen molar-refractivity contribution < 1.29 is 13.6 Å². The van der Waals surface area contributed by atoms with E-state index in [1.165, 1.54) is 6.07 Å². The van der Waals surface area contributed by atoms with E-state index in [0.29, 0.717) is 17.9 Å². The SMILES string of the molecule is Cc1nc(CN2CCC[C@H](CCC(=O)NCc3ccc(F)c(F)c3)C2)n(C)n1. The van der Waals surface area contributed by atoms with Crippen molar-refractivity contribution in [2.45, 2.75) is 45.7 Å². The molecule has 152 valence electrons. The van der Waals surface area contributed by atoms with Gasteiger partial charge in [-0.05, 0) is 56.3 Å². The molecule has 1 amide bonds. The van der Waals surface area contributed by atoms with Gasteiger partial charge in [0.05, 0.1) is 6.54 Å². The van der Waals surface area contributed by atoms with Crippen molar-refractivity contribution in [1.29, 1.82) is 0 Å². The second-order valence-corrected chi connectivity index (χ2v) is 7.51. The van der Waals surface area contributed by atoms with Crippen LogP contribution in [0.2, 0.25) is 0 Å². The summed E-state index contributed by atoms with van der Waals surface area (Å²) in [6, 6.07) is 3.67. The molecular formula is C20H27F2N5O. The van der Waals surface area contributed by atoms with Gasteiger partial charge in [0.2, 0.25) is 5.91 Å². The molecule has 8 heteroatoms. The lowest BCUT2D eigenvalue weighted by atomic mass is 9.93. The molecule has 0 aliphatic carbocycles. The first-order chi connectivity index (χ1) is 13.4. The first kappa shape index (κ1) is 20.4. The molecule has 2 heterocycles. The van der Waals surface area contributed by atoms with Gasteiger partial charge in [0.15, 0.2) is 11.6 Å². The number of nitrogens with one attached hydrogen (secondary N) is 1. The van der Waals surface area contributed by atoms with Gasteiger partial charge < -0.3 is 5.32 Å². The van der Waals surface area contributed by atoms with Gasteiger partial charge in [-0.15, -0.1) is 0 Å². The highest BCUT2D eigenvalue weighted by Crippen LogP contribution is 2.22. The molecule has 28 heavy (non-hydrogen) atoms. The van der Waals surface area contributed by atoms with E-state index >= 15 is 0 Å². The Morgan fingerprint density at radius 3 is 2.86 bits per heavy atom. The Morgan fingerprint density at radius 2 is 2.14 bits per heavy atom. The molecule has 0 bridgehead atoms. The molecule has 1 aliphatic rings. The number of rotatable bonds is 7. The molecule has 3 rings (SSSR count). The molecule has 6 nitrogen and oxygen atoms in total. The normalized spacial score (nSPS) is 17.6. The molecule has 0 radical (unpaired) electrons. The third-order valence-corrected chi connectivity index (χ3v) is 5.18. The molecule has 1 aliphatic heterocycles. The number of hydrogen-bond donors (Lipinski definition) is 1. The van der Waals surface area contributed by atoms with E-state index in [1.54, 1.807) is 0 Å². The van der Waals surface area contributed by atoms with Gasteiger partial charge >= 0.3 is 0 Å². The van der Waals surface area contributed by atoms with Crippen LogP contribution in [0.5, 0.6) is 0 Å². The van der Waals surface area contributed by atoms with Crippen LogP contribution < -0.4 is 5.32 Å². The predicted molar refractivity (Wildman–Crippen MR) is 101 cm³/mol. The molecule has 1 aromatic heterocycles. The van der Waals surface area contributed by atoms with E-state index in [9.17, 15) is 13.6 Å². The quantitative estimate of drug-likeness (QED) is 0.788. The summed E-state index contributed by atoms with van der Waals surface area (Å²) in [7, 11) is 1.91. The number of aromatic nitrogens is 3. The van der Waals surface area contributed by atoms with Gasteiger partial charge in [-0.1, -0.05) is 6.07 Å². The van der Waals surface area contributed by atoms with E-state index in [1.807, 2.05) is 18.7 Å². The summed E-state index contributed by atoms with van der Waals surface area (Å²) in [4.78, 5) is 19.0. The second kappa shape index (κ2) is 9.23. The topological polar surface area (TPSA) is 63.1 Å². The maximum Gasteiger partial charge on any atom is 0.220 e. The first-order valence-electron chi connectivity index (χ1n) is 9.70. The number of amides is 1. The fraction of sp³-hybridized carbons (Fsp3) is 0.550. The van der Waals surface area contributed by atoms with E-state index in [0.717, 1.165) is 62.7 Å². The molecule has 1 aromatic carbocycles. The number of carbonyl (C=O) groups excluding carboxylic acids is 1. The Morgan fingerprint density at radius 1 is 1.32 bits per heavy atom. The van der Waals surface area contributed by atoms with Crippen molar-refractivity contribution in [2.24, 2.45) is 13.0 Å². The average molecular weight is 391 g/mol. The summed E-state index contributed by atoms with van der Waals surface area (Å²) < 4.78 is 28.0. The number of benzene rings is 1. The molecule has 2 aromatic rings. The van der Waals surface area contributed by atoms with E-state index in [-0.39, 0.29) is 12.5 Å². The molecule has 1 N–H and O–H groups in total. The zero-order valence-corrected chi connectivity index (χ0v) is 16.4. The molecule has 0 saturated carbocycles. The van der Waals surface area contributed by atoms with E-state index in [4.69, 9.17) is 0 Å². The second-order valence-electron chi connectivity index (χ2n) is 7.51. The average Bonchev–Trinajstić information content (AvgIpc) is 2.98. The van der Waals surface area contributed by atoms with Crippen LogP contribution in [-0.2, 0) is 24.9 Å². The third kappa shape index (κ3) is 5.58. The van der Waals surface area contributed by atoms with Crippen LogP contribution in [-0.4, -0.2) is 38.7 Å². The Kier molecular flexibility index (Phi) is 6.72. The van der Waals surface area contributed by atoms with Gasteiger partial charge in [-0.3, -0.25) is 14.4 Å². The standard InChI is InChI=1S/C20H27F2N5O/c1-14-24-19(26(2)25-14)13-27-9-3-4-15(12-27)6-8-20(28)23-11-16-5-7-17(21)18(22)10-16/h5,7,10,15H,3-4,6,8-9,11-13H2,1-2H3,(H,23,28)/t15-/m1/s1. The van der Waals surface area contributed by atoms with Crippen molar-refractivity contribution in [1.82, 2.24) is 25.0 Å². The van der Waals surface area contributed by atoms with Crippen LogP contribution in [0.4, 0.5) is 8.78 Å². The fourth-order valence-corrected chi connectivity index (χ4v) is 3.70. The number of piperidine rings is 1. The Bertz CT molecular complexity index is 823. The summed E-state index contributed by atoms with van der Waals surface area (Å²) in [5.41, 5.74) is 0.551. The monoisotopic (exact) mass is 391 g/mol. The largest absolute Gasteiger partial charge is 0.352 e. The number of hydrogen-bond acceptors (Lipinski definition) is 4. The Balaban J connectivity index is 1.41. The van der Waals surface area contributed by atoms with Gasteiger partial charge in [-0.25, -0.2) is 13.8 Å². The van der Waals surface area contributed by atoms with Crippen molar-refractivity contribution in [3.8, 4) is 0 Å². The smallest absolute Gasteiger partial charge is 0.220 e. The van der Waals surface area contributed by atoms with Crippen LogP contribution in [0.15, 0.2) is 18.2 Å². The minimum absolute atomic E-state index is 0.0641. The Hall–Kier alpha value is -2.35. The van der Waals surface area contributed by atoms with Crippen LogP contribution in [0.3, 0.4) is 0 Å². The maximum absolute atomic E-state index is 13.2. The summed E-state index contributed by atoms with van der Waals surface area (Å²) in [6.45, 7) is 4.85. The molecule has 0 spiro atoms. The van der Waals surface area contributed by atoms with Crippen LogP contribution >= 0.6 is 0 Å². The predicted octanol–water partition coefficient (Wildman–Crippen LogP) is 2.71. The van der Waals surface area contributed by atoms with Gasteiger partial charge in [-0.2, -0.15) is 5.10 Å². The number of aryl methyl sites for hydroxylation is 2. The summed E-state index contributed by atoms with van der Waals surface area (Å²) >= 11 is 0. The minimum atomic E-state index is -0.896. The third-order valence-electron chi connectivity index (χ3n) is 5.18. The lowest BCUT2D eigenvalue weighted by Gasteiger charge is -2.32. The molecule has 0 unspecified atom stereocenters. The number of carbonyl (C=O) groups is 1. The number of likely N-dealkylation sites (tertiary alicyclic amines) is 1. The van der Waals surface area contributed by atoms with Crippen molar-refractivity contribution >= 4 is 5.91 Å². The highest BCUT2D eigenvalue weighted by Gasteiger charge is 2.22. The zero-order chi connectivity index (χ0) is 20.1. The highest BCUT2D eigenvalue weighted by molar-refractivity contribution is 5.75. The van der Waals surface area contributed by atoms with E-state index < -0.39 is 11.6 Å². The lowest BCUT2D eigenvalue weighted by molar-refractivity contribution is -0.121. The lowest BCUT2D eigenvalue weighted by Crippen LogP contribution is -2.36. The summed E-state index contributed by atoms with van der Waals surface area (Å²) in [5, 5.41) is 7.08.